The maximum Gasteiger partial charge on any atom is 0.271 e. The Kier molecular flexibility index (Phi) is 6.96. The minimum Gasteiger partial charge on any atom is -0.456 e. The van der Waals surface area contributed by atoms with Crippen LogP contribution in [0.4, 0.5) is 16.5 Å². The van der Waals surface area contributed by atoms with Gasteiger partial charge in [0.1, 0.15) is 11.5 Å². The van der Waals surface area contributed by atoms with E-state index in [1.54, 1.807) is 23.6 Å². The number of hydrogen-bond acceptors (Lipinski definition) is 8. The summed E-state index contributed by atoms with van der Waals surface area (Å²) in [5.74, 6) is 0.0304. The minimum absolute atomic E-state index is 0.0149. The highest BCUT2D eigenvalue weighted by atomic mass is 35.5. The molecule has 0 fully saturated rings. The summed E-state index contributed by atoms with van der Waals surface area (Å²) in [4.78, 5) is 26.9. The number of carbonyl (C=O) groups is 1. The molecule has 0 spiro atoms. The molecule has 0 bridgehead atoms. The number of hydrogen-bond donors (Lipinski definition) is 2. The average molecular weight is 531 g/mol. The normalized spacial score (nSPS) is 11.0. The van der Waals surface area contributed by atoms with Gasteiger partial charge in [-0.1, -0.05) is 17.7 Å². The molecule has 4 rings (SSSR count). The summed E-state index contributed by atoms with van der Waals surface area (Å²) in [5, 5.41) is 15.5. The number of aromatic nitrogens is 1. The molecule has 0 radical (unpaired) electrons. The highest BCUT2D eigenvalue weighted by Gasteiger charge is 2.16. The van der Waals surface area contributed by atoms with Crippen molar-refractivity contribution in [3.05, 3.63) is 99.0 Å². The number of thiazole rings is 1. The number of sulfonamides is 1. The average Bonchev–Trinajstić information content (AvgIpc) is 3.33. The first kappa shape index (κ1) is 24.1. The van der Waals surface area contributed by atoms with Gasteiger partial charge in [0.05, 0.1) is 14.8 Å². The summed E-state index contributed by atoms with van der Waals surface area (Å²) < 4.78 is 32.9. The number of ether oxygens (including phenoxy) is 1. The Balaban J connectivity index is 1.44. The second kappa shape index (κ2) is 10.1. The van der Waals surface area contributed by atoms with Crippen LogP contribution in [0.15, 0.2) is 83.2 Å². The third kappa shape index (κ3) is 5.93. The Labute approximate surface area is 208 Å². The number of rotatable bonds is 8. The van der Waals surface area contributed by atoms with Gasteiger partial charge in [0.15, 0.2) is 5.13 Å². The summed E-state index contributed by atoms with van der Waals surface area (Å²) in [7, 11) is -3.81. The van der Waals surface area contributed by atoms with Crippen molar-refractivity contribution in [3.8, 4) is 11.5 Å². The highest BCUT2D eigenvalue weighted by Crippen LogP contribution is 2.32. The van der Waals surface area contributed by atoms with E-state index in [9.17, 15) is 23.3 Å². The molecule has 0 atom stereocenters. The van der Waals surface area contributed by atoms with Gasteiger partial charge >= 0.3 is 0 Å². The number of halogens is 1. The van der Waals surface area contributed by atoms with Gasteiger partial charge in [-0.15, -0.1) is 11.3 Å². The van der Waals surface area contributed by atoms with E-state index in [0.29, 0.717) is 11.4 Å². The van der Waals surface area contributed by atoms with Crippen LogP contribution in [-0.2, 0) is 10.0 Å². The third-order valence-corrected chi connectivity index (χ3v) is 6.99. The highest BCUT2D eigenvalue weighted by molar-refractivity contribution is 7.93. The van der Waals surface area contributed by atoms with E-state index in [1.807, 2.05) is 0 Å². The largest absolute Gasteiger partial charge is 0.456 e. The summed E-state index contributed by atoms with van der Waals surface area (Å²) in [6.45, 7) is 0. The van der Waals surface area contributed by atoms with E-state index < -0.39 is 20.9 Å². The summed E-state index contributed by atoms with van der Waals surface area (Å²) in [5.41, 5.74) is 0.476. The molecule has 0 aliphatic rings. The molecule has 1 aromatic heterocycles. The fourth-order valence-corrected chi connectivity index (χ4v) is 4.88. The number of anilines is 2. The van der Waals surface area contributed by atoms with Gasteiger partial charge in [-0.3, -0.25) is 19.6 Å². The van der Waals surface area contributed by atoms with Crippen LogP contribution in [0, 0.1) is 10.1 Å². The van der Waals surface area contributed by atoms with Crippen molar-refractivity contribution in [3.63, 3.8) is 0 Å². The van der Waals surface area contributed by atoms with Crippen molar-refractivity contribution in [1.82, 2.24) is 4.98 Å². The summed E-state index contributed by atoms with van der Waals surface area (Å²) in [6, 6.07) is 15.7. The number of nitro benzene ring substituents is 1. The molecule has 4 aromatic rings. The number of non-ortho nitro benzene ring substituents is 1. The zero-order chi connectivity index (χ0) is 25.0. The number of carbonyl (C=O) groups excluding carboxylic acids is 1. The molecule has 3 aromatic carbocycles. The van der Waals surface area contributed by atoms with Crippen LogP contribution in [0.3, 0.4) is 0 Å². The molecule has 178 valence electrons. The molecule has 0 aliphatic heterocycles. The number of nitrogens with zero attached hydrogens (tertiary/aromatic N) is 2. The number of amides is 1. The Morgan fingerprint density at radius 3 is 2.51 bits per heavy atom. The van der Waals surface area contributed by atoms with E-state index in [4.69, 9.17) is 16.3 Å². The van der Waals surface area contributed by atoms with Crippen LogP contribution >= 0.6 is 22.9 Å². The van der Waals surface area contributed by atoms with E-state index in [-0.39, 0.29) is 32.1 Å². The van der Waals surface area contributed by atoms with Gasteiger partial charge in [-0.25, -0.2) is 13.4 Å². The van der Waals surface area contributed by atoms with E-state index in [1.165, 1.54) is 54.7 Å². The first-order valence-corrected chi connectivity index (χ1v) is 12.5. The Hall–Kier alpha value is -4.00. The molecule has 0 saturated carbocycles. The standard InChI is InChI=1S/C22H15ClN4O6S2/c23-19-13-16(27(29)30)6-9-20(19)33-17-3-1-2-14(12-17)21(28)25-15-4-7-18(8-5-15)35(31,32)26-22-24-10-11-34-22/h1-13H,(H,24,26)(H,25,28). The SMILES string of the molecule is O=C(Nc1ccc(S(=O)(=O)Nc2nccs2)cc1)c1cccc(Oc2ccc([N+](=O)[O-])cc2Cl)c1. The fourth-order valence-electron chi connectivity index (χ4n) is 2.88. The lowest BCUT2D eigenvalue weighted by molar-refractivity contribution is -0.384. The van der Waals surface area contributed by atoms with Crippen LogP contribution in [0.1, 0.15) is 10.4 Å². The maximum absolute atomic E-state index is 12.7. The molecule has 2 N–H and O–H groups in total. The molecule has 0 saturated heterocycles. The van der Waals surface area contributed by atoms with Crippen molar-refractivity contribution in [1.29, 1.82) is 0 Å². The predicted octanol–water partition coefficient (Wildman–Crippen LogP) is 5.55. The molecule has 1 heterocycles. The predicted molar refractivity (Wildman–Crippen MR) is 132 cm³/mol. The first-order chi connectivity index (χ1) is 16.7. The van der Waals surface area contributed by atoms with Gasteiger partial charge in [-0.2, -0.15) is 0 Å². The Bertz CT molecular complexity index is 1490. The molecule has 13 heteroatoms. The van der Waals surface area contributed by atoms with E-state index in [2.05, 4.69) is 15.0 Å². The second-order valence-electron chi connectivity index (χ2n) is 6.92. The number of nitro groups is 1. The summed E-state index contributed by atoms with van der Waals surface area (Å²) >= 11 is 7.21. The van der Waals surface area contributed by atoms with Crippen molar-refractivity contribution in [2.75, 3.05) is 10.0 Å². The van der Waals surface area contributed by atoms with Gasteiger partial charge in [0.25, 0.3) is 21.6 Å². The van der Waals surface area contributed by atoms with Gasteiger partial charge in [-0.05, 0) is 48.5 Å². The fraction of sp³-hybridized carbons (Fsp3) is 0. The first-order valence-electron chi connectivity index (χ1n) is 9.77. The topological polar surface area (TPSA) is 141 Å². The lowest BCUT2D eigenvalue weighted by Crippen LogP contribution is -2.14. The van der Waals surface area contributed by atoms with Crippen LogP contribution in [0.5, 0.6) is 11.5 Å². The monoisotopic (exact) mass is 530 g/mol. The Morgan fingerprint density at radius 2 is 1.86 bits per heavy atom. The molecular formula is C22H15ClN4O6S2. The van der Waals surface area contributed by atoms with Crippen LogP contribution in [0.25, 0.3) is 0 Å². The van der Waals surface area contributed by atoms with Crippen molar-refractivity contribution < 1.29 is 22.9 Å². The van der Waals surface area contributed by atoms with Gasteiger partial charge in [0, 0.05) is 35.0 Å². The van der Waals surface area contributed by atoms with Gasteiger partial charge in [0.2, 0.25) is 0 Å². The molecule has 1 amide bonds. The smallest absolute Gasteiger partial charge is 0.271 e. The second-order valence-corrected chi connectivity index (χ2v) is 9.91. The maximum atomic E-state index is 12.7. The molecular weight excluding hydrogens is 516 g/mol. The number of benzene rings is 3. The molecule has 0 aliphatic carbocycles. The Morgan fingerprint density at radius 1 is 1.09 bits per heavy atom. The molecule has 0 unspecified atom stereocenters. The zero-order valence-electron chi connectivity index (χ0n) is 17.5. The van der Waals surface area contributed by atoms with Crippen LogP contribution < -0.4 is 14.8 Å². The molecule has 35 heavy (non-hydrogen) atoms. The van der Waals surface area contributed by atoms with Crippen LogP contribution in [-0.4, -0.2) is 24.2 Å². The van der Waals surface area contributed by atoms with Crippen molar-refractivity contribution >= 4 is 55.4 Å². The third-order valence-electron chi connectivity index (χ3n) is 4.53. The lowest BCUT2D eigenvalue weighted by atomic mass is 10.2. The number of nitrogens with one attached hydrogen (secondary N) is 2. The zero-order valence-corrected chi connectivity index (χ0v) is 19.9. The quantitative estimate of drug-likeness (QED) is 0.225. The van der Waals surface area contributed by atoms with Gasteiger partial charge < -0.3 is 10.1 Å². The van der Waals surface area contributed by atoms with Crippen LogP contribution in [0.2, 0.25) is 5.02 Å². The van der Waals surface area contributed by atoms with E-state index >= 15 is 0 Å². The van der Waals surface area contributed by atoms with Crippen molar-refractivity contribution in [2.24, 2.45) is 0 Å². The van der Waals surface area contributed by atoms with E-state index in [0.717, 1.165) is 11.3 Å². The minimum atomic E-state index is -3.81. The lowest BCUT2D eigenvalue weighted by Gasteiger charge is -2.10. The van der Waals surface area contributed by atoms with Crippen molar-refractivity contribution in [2.45, 2.75) is 4.90 Å². The molecule has 10 nitrogen and oxygen atoms in total. The summed E-state index contributed by atoms with van der Waals surface area (Å²) in [6.07, 6.45) is 1.49.